The molecule has 2 nitrogen and oxygen atoms in total. The molecule has 2 aliphatic rings. The van der Waals surface area contributed by atoms with Crippen LogP contribution in [0.5, 0.6) is 0 Å². The van der Waals surface area contributed by atoms with Gasteiger partial charge in [-0.2, -0.15) is 0 Å². The molecule has 0 radical (unpaired) electrons. The molecular weight excluding hydrogens is 236 g/mol. The van der Waals surface area contributed by atoms with E-state index in [1.165, 1.54) is 12.1 Å². The molecule has 3 unspecified atom stereocenters. The molecule has 0 aromatic heterocycles. The summed E-state index contributed by atoms with van der Waals surface area (Å²) in [5.74, 6) is 0.0954. The number of likely N-dealkylation sites (tertiary alicyclic amines) is 1. The van der Waals surface area contributed by atoms with E-state index in [0.29, 0.717) is 23.9 Å². The highest BCUT2D eigenvalue weighted by atomic mass is 19.1. The highest BCUT2D eigenvalue weighted by Gasteiger charge is 2.41. The molecule has 1 aliphatic carbocycles. The average molecular weight is 253 g/mol. The summed E-state index contributed by atoms with van der Waals surface area (Å²) >= 11 is 0. The molecule has 1 saturated heterocycles. The lowest BCUT2D eigenvalue weighted by molar-refractivity contribution is 0.123. The van der Waals surface area contributed by atoms with Gasteiger partial charge >= 0.3 is 0 Å². The van der Waals surface area contributed by atoms with Crippen LogP contribution in [-0.2, 0) is 6.54 Å². The van der Waals surface area contributed by atoms with E-state index in [1.54, 1.807) is 0 Å². The minimum atomic E-state index is -0.397. The minimum Gasteiger partial charge on any atom is -0.393 e. The van der Waals surface area contributed by atoms with E-state index in [1.807, 2.05) is 0 Å². The molecular formula is C14H17F2NO. The maximum absolute atomic E-state index is 13.5. The van der Waals surface area contributed by atoms with Crippen LogP contribution in [0.15, 0.2) is 18.2 Å². The summed E-state index contributed by atoms with van der Waals surface area (Å²) in [4.78, 5) is 2.12. The summed E-state index contributed by atoms with van der Waals surface area (Å²) < 4.78 is 26.6. The fourth-order valence-corrected chi connectivity index (χ4v) is 3.36. The number of rotatable bonds is 2. The number of fused-ring (bicyclic) bond motifs is 1. The summed E-state index contributed by atoms with van der Waals surface area (Å²) in [5, 5.41) is 9.82. The van der Waals surface area contributed by atoms with Crippen LogP contribution in [0.4, 0.5) is 8.78 Å². The number of hydrogen-bond acceptors (Lipinski definition) is 2. The first-order chi connectivity index (χ1) is 8.63. The molecule has 1 heterocycles. The van der Waals surface area contributed by atoms with Crippen LogP contribution in [0.2, 0.25) is 0 Å². The summed E-state index contributed by atoms with van der Waals surface area (Å²) in [6, 6.07) is 3.58. The van der Waals surface area contributed by atoms with E-state index in [4.69, 9.17) is 0 Å². The van der Waals surface area contributed by atoms with Crippen molar-refractivity contribution in [3.63, 3.8) is 0 Å². The van der Waals surface area contributed by atoms with Crippen LogP contribution in [0.3, 0.4) is 0 Å². The van der Waals surface area contributed by atoms with Crippen molar-refractivity contribution in [2.45, 2.75) is 25.5 Å². The molecule has 3 rings (SSSR count). The molecule has 1 aliphatic heterocycles. The Hall–Kier alpha value is -1.00. The molecule has 4 heteroatoms. The zero-order valence-corrected chi connectivity index (χ0v) is 10.1. The number of benzene rings is 1. The van der Waals surface area contributed by atoms with Gasteiger partial charge in [0, 0.05) is 31.1 Å². The van der Waals surface area contributed by atoms with E-state index in [0.717, 1.165) is 32.0 Å². The molecule has 3 atom stereocenters. The Morgan fingerprint density at radius 3 is 2.83 bits per heavy atom. The third-order valence-electron chi connectivity index (χ3n) is 4.30. The highest BCUT2D eigenvalue weighted by Crippen LogP contribution is 2.38. The van der Waals surface area contributed by atoms with Gasteiger partial charge in [0.05, 0.1) is 6.10 Å². The summed E-state index contributed by atoms with van der Waals surface area (Å²) in [5.41, 5.74) is 0.407. The molecule has 1 saturated carbocycles. The van der Waals surface area contributed by atoms with Gasteiger partial charge in [-0.3, -0.25) is 4.90 Å². The third-order valence-corrected chi connectivity index (χ3v) is 4.30. The summed E-state index contributed by atoms with van der Waals surface area (Å²) in [6.45, 7) is 2.11. The lowest BCUT2D eigenvalue weighted by atomic mass is 10.00. The molecule has 1 aromatic carbocycles. The van der Waals surface area contributed by atoms with Crippen LogP contribution in [0.1, 0.15) is 18.4 Å². The maximum Gasteiger partial charge on any atom is 0.127 e. The molecule has 1 aromatic rings. The molecule has 1 N–H and O–H groups in total. The molecule has 0 bridgehead atoms. The highest BCUT2D eigenvalue weighted by molar-refractivity contribution is 5.19. The van der Waals surface area contributed by atoms with Crippen molar-refractivity contribution in [2.24, 2.45) is 11.8 Å². The van der Waals surface area contributed by atoms with Gasteiger partial charge in [0.2, 0.25) is 0 Å². The standard InChI is InChI=1S/C14H17F2NO/c15-11-2-3-13(16)10(5-11)7-17-6-9-1-4-14(18)12(9)8-17/h2-3,5,9,12,14,18H,1,4,6-8H2. The maximum atomic E-state index is 13.5. The monoisotopic (exact) mass is 253 g/mol. The van der Waals surface area contributed by atoms with Gasteiger partial charge in [0.15, 0.2) is 0 Å². The van der Waals surface area contributed by atoms with E-state index in [2.05, 4.69) is 4.90 Å². The first kappa shape index (κ1) is 12.1. The Kier molecular flexibility index (Phi) is 3.08. The van der Waals surface area contributed by atoms with Crippen LogP contribution in [0.25, 0.3) is 0 Å². The zero-order valence-electron chi connectivity index (χ0n) is 10.1. The van der Waals surface area contributed by atoms with Gasteiger partial charge in [-0.15, -0.1) is 0 Å². The van der Waals surface area contributed by atoms with Crippen molar-refractivity contribution in [1.29, 1.82) is 0 Å². The quantitative estimate of drug-likeness (QED) is 0.873. The van der Waals surface area contributed by atoms with E-state index in [-0.39, 0.29) is 11.9 Å². The van der Waals surface area contributed by atoms with Crippen molar-refractivity contribution in [2.75, 3.05) is 13.1 Å². The second kappa shape index (κ2) is 4.59. The Morgan fingerprint density at radius 1 is 1.22 bits per heavy atom. The van der Waals surface area contributed by atoms with Crippen LogP contribution in [0, 0.1) is 23.5 Å². The van der Waals surface area contributed by atoms with Crippen molar-refractivity contribution in [1.82, 2.24) is 4.90 Å². The van der Waals surface area contributed by atoms with E-state index >= 15 is 0 Å². The average Bonchev–Trinajstić information content (AvgIpc) is 2.87. The number of nitrogens with zero attached hydrogens (tertiary/aromatic N) is 1. The van der Waals surface area contributed by atoms with Crippen molar-refractivity contribution >= 4 is 0 Å². The number of aliphatic hydroxyl groups is 1. The SMILES string of the molecule is OC1CCC2CN(Cc3cc(F)ccc3F)CC12. The number of hydrogen-bond donors (Lipinski definition) is 1. The van der Waals surface area contributed by atoms with Crippen LogP contribution in [-0.4, -0.2) is 29.2 Å². The van der Waals surface area contributed by atoms with E-state index in [9.17, 15) is 13.9 Å². The van der Waals surface area contributed by atoms with Crippen LogP contribution < -0.4 is 0 Å². The summed E-state index contributed by atoms with van der Waals surface area (Å²) in [7, 11) is 0. The number of aliphatic hydroxyl groups excluding tert-OH is 1. The second-order valence-corrected chi connectivity index (χ2v) is 5.50. The van der Waals surface area contributed by atoms with Crippen LogP contribution >= 0.6 is 0 Å². The first-order valence-electron chi connectivity index (χ1n) is 6.48. The largest absolute Gasteiger partial charge is 0.393 e. The minimum absolute atomic E-state index is 0.211. The van der Waals surface area contributed by atoms with Gasteiger partial charge in [0.25, 0.3) is 0 Å². The fourth-order valence-electron chi connectivity index (χ4n) is 3.36. The van der Waals surface area contributed by atoms with Gasteiger partial charge in [-0.25, -0.2) is 8.78 Å². The van der Waals surface area contributed by atoms with Gasteiger partial charge in [-0.1, -0.05) is 0 Å². The van der Waals surface area contributed by atoms with Gasteiger partial charge in [-0.05, 0) is 37.0 Å². The predicted molar refractivity (Wildman–Crippen MR) is 63.9 cm³/mol. The lowest BCUT2D eigenvalue weighted by Crippen LogP contribution is -2.24. The molecule has 2 fully saturated rings. The molecule has 0 amide bonds. The topological polar surface area (TPSA) is 23.5 Å². The Balaban J connectivity index is 1.69. The Bertz CT molecular complexity index is 451. The van der Waals surface area contributed by atoms with E-state index < -0.39 is 5.82 Å². The first-order valence-corrected chi connectivity index (χ1v) is 6.48. The van der Waals surface area contributed by atoms with Crippen molar-refractivity contribution < 1.29 is 13.9 Å². The molecule has 98 valence electrons. The molecule has 0 spiro atoms. The summed E-state index contributed by atoms with van der Waals surface area (Å²) in [6.07, 6.45) is 1.73. The van der Waals surface area contributed by atoms with Crippen molar-refractivity contribution in [3.05, 3.63) is 35.4 Å². The van der Waals surface area contributed by atoms with Gasteiger partial charge < -0.3 is 5.11 Å². The normalized spacial score (nSPS) is 31.8. The van der Waals surface area contributed by atoms with Gasteiger partial charge in [0.1, 0.15) is 11.6 Å². The number of halogens is 2. The smallest absolute Gasteiger partial charge is 0.127 e. The molecule has 18 heavy (non-hydrogen) atoms. The predicted octanol–water partition coefficient (Wildman–Crippen LogP) is 2.17. The third kappa shape index (κ3) is 2.15. The van der Waals surface area contributed by atoms with Crippen molar-refractivity contribution in [3.8, 4) is 0 Å². The Morgan fingerprint density at radius 2 is 2.06 bits per heavy atom. The zero-order chi connectivity index (χ0) is 12.7. The second-order valence-electron chi connectivity index (χ2n) is 5.50. The Labute approximate surface area is 105 Å². The lowest BCUT2D eigenvalue weighted by Gasteiger charge is -2.18. The fraction of sp³-hybridized carbons (Fsp3) is 0.571.